The van der Waals surface area contributed by atoms with Gasteiger partial charge in [-0.3, -0.25) is 0 Å². The molecule has 0 heterocycles. The van der Waals surface area contributed by atoms with Crippen molar-refractivity contribution in [3.63, 3.8) is 0 Å². The second kappa shape index (κ2) is 8.11. The van der Waals surface area contributed by atoms with E-state index in [0.717, 1.165) is 19.3 Å². The van der Waals surface area contributed by atoms with E-state index >= 15 is 0 Å². The Hall–Kier alpha value is -0.0900. The van der Waals surface area contributed by atoms with Gasteiger partial charge in [0, 0.05) is 6.42 Å². The maximum absolute atomic E-state index is 11.7. The minimum absolute atomic E-state index is 0. The molecule has 1 unspecified atom stereocenters. The maximum atomic E-state index is 11.7. The molecule has 92 valence electrons. The van der Waals surface area contributed by atoms with Crippen molar-refractivity contribution in [3.8, 4) is 0 Å². The number of halogens is 1. The molecule has 0 amide bonds. The van der Waals surface area contributed by atoms with Crippen LogP contribution in [0, 0.1) is 0 Å². The first-order valence-corrected chi connectivity index (χ1v) is 5.41. The van der Waals surface area contributed by atoms with Crippen molar-refractivity contribution in [1.82, 2.24) is 0 Å². The van der Waals surface area contributed by atoms with Crippen LogP contribution in [0.1, 0.15) is 33.1 Å². The molecule has 0 saturated heterocycles. The van der Waals surface area contributed by atoms with Gasteiger partial charge < -0.3 is 26.2 Å². The number of unbranched alkanes of at least 4 members (excludes halogenated alkanes) is 1. The predicted octanol–water partition coefficient (Wildman–Crippen LogP) is -1.18. The van der Waals surface area contributed by atoms with Gasteiger partial charge in [-0.05, 0) is 13.3 Å². The Balaban J connectivity index is 0. The first-order valence-electron chi connectivity index (χ1n) is 5.41. The summed E-state index contributed by atoms with van der Waals surface area (Å²) >= 11 is 0. The van der Waals surface area contributed by atoms with Crippen molar-refractivity contribution in [2.45, 2.75) is 39.2 Å². The zero-order chi connectivity index (χ0) is 11.2. The lowest BCUT2D eigenvalue weighted by molar-refractivity contribution is -0.887. The van der Waals surface area contributed by atoms with Gasteiger partial charge in [0.1, 0.15) is 0 Å². The van der Waals surface area contributed by atoms with Gasteiger partial charge in [0.15, 0.2) is 6.04 Å². The van der Waals surface area contributed by atoms with Crippen LogP contribution < -0.4 is 17.0 Å². The molecule has 0 aliphatic carbocycles. The lowest BCUT2D eigenvalue weighted by Gasteiger charge is -2.32. The smallest absolute Gasteiger partial charge is 0.364 e. The average molecular weight is 282 g/mol. The van der Waals surface area contributed by atoms with Crippen LogP contribution in [-0.2, 0) is 9.53 Å². The fraction of sp³-hybridized carbons (Fsp3) is 0.909. The van der Waals surface area contributed by atoms with Crippen molar-refractivity contribution in [2.75, 3.05) is 27.7 Å². The monoisotopic (exact) mass is 281 g/mol. The number of carbonyl (C=O) groups excluding carboxylic acids is 1. The highest BCUT2D eigenvalue weighted by atomic mass is 79.9. The SMILES string of the molecule is CCCCC(C(=O)OCC)[N+](C)(C)C.[Br-]. The summed E-state index contributed by atoms with van der Waals surface area (Å²) in [5.74, 6) is -0.0616. The van der Waals surface area contributed by atoms with E-state index in [9.17, 15) is 4.79 Å². The van der Waals surface area contributed by atoms with Crippen molar-refractivity contribution < 1.29 is 31.0 Å². The molecule has 4 heteroatoms. The number of hydrogen-bond donors (Lipinski definition) is 0. The average Bonchev–Trinajstić information content (AvgIpc) is 2.03. The highest BCUT2D eigenvalue weighted by Gasteiger charge is 2.31. The Morgan fingerprint density at radius 3 is 2.13 bits per heavy atom. The molecule has 0 aliphatic rings. The molecule has 0 aromatic heterocycles. The van der Waals surface area contributed by atoms with Gasteiger partial charge in [0.25, 0.3) is 0 Å². The molecule has 0 N–H and O–H groups in total. The van der Waals surface area contributed by atoms with Gasteiger partial charge in [0.2, 0.25) is 0 Å². The Bertz CT molecular complexity index is 178. The van der Waals surface area contributed by atoms with E-state index in [2.05, 4.69) is 6.92 Å². The number of ether oxygens (including phenoxy) is 1. The van der Waals surface area contributed by atoms with Gasteiger partial charge in [-0.15, -0.1) is 0 Å². The largest absolute Gasteiger partial charge is 1.00 e. The van der Waals surface area contributed by atoms with Crippen LogP contribution in [0.3, 0.4) is 0 Å². The summed E-state index contributed by atoms with van der Waals surface area (Å²) in [6, 6.07) is -0.0186. The fourth-order valence-corrected chi connectivity index (χ4v) is 1.46. The number of likely N-dealkylation sites (N-methyl/N-ethyl adjacent to an activating group) is 1. The molecule has 0 saturated carbocycles. The number of rotatable bonds is 6. The molecule has 15 heavy (non-hydrogen) atoms. The van der Waals surface area contributed by atoms with Gasteiger partial charge in [0.05, 0.1) is 27.7 Å². The zero-order valence-corrected chi connectivity index (χ0v) is 12.1. The summed E-state index contributed by atoms with van der Waals surface area (Å²) in [4.78, 5) is 11.7. The number of esters is 1. The lowest BCUT2D eigenvalue weighted by Crippen LogP contribution is -3.00. The molecule has 0 bridgehead atoms. The van der Waals surface area contributed by atoms with Gasteiger partial charge in [-0.2, -0.15) is 0 Å². The standard InChI is InChI=1S/C11H24NO2.BrH/c1-6-8-9-10(12(3,4)5)11(13)14-7-2;/h10H,6-9H2,1-5H3;1H/q+1;/p-1. The number of carbonyl (C=O) groups is 1. The molecule has 0 spiro atoms. The van der Waals surface area contributed by atoms with E-state index < -0.39 is 0 Å². The third-order valence-corrected chi connectivity index (χ3v) is 2.32. The molecule has 0 aromatic carbocycles. The molecule has 0 fully saturated rings. The molecule has 0 aromatic rings. The Morgan fingerprint density at radius 1 is 1.27 bits per heavy atom. The van der Waals surface area contributed by atoms with E-state index in [1.54, 1.807) is 0 Å². The number of quaternary nitrogens is 1. The summed E-state index contributed by atoms with van der Waals surface area (Å²) in [5.41, 5.74) is 0. The second-order valence-electron chi connectivity index (χ2n) is 4.53. The highest BCUT2D eigenvalue weighted by molar-refractivity contribution is 5.74. The van der Waals surface area contributed by atoms with E-state index in [1.165, 1.54) is 0 Å². The molecule has 3 nitrogen and oxygen atoms in total. The van der Waals surface area contributed by atoms with E-state index in [1.807, 2.05) is 28.1 Å². The van der Waals surface area contributed by atoms with Crippen LogP contribution in [0.2, 0.25) is 0 Å². The molecular formula is C11H24BrNO2. The van der Waals surface area contributed by atoms with Crippen molar-refractivity contribution in [1.29, 1.82) is 0 Å². The van der Waals surface area contributed by atoms with Crippen LogP contribution >= 0.6 is 0 Å². The summed E-state index contributed by atoms with van der Waals surface area (Å²) < 4.78 is 5.72. The number of hydrogen-bond acceptors (Lipinski definition) is 2. The zero-order valence-electron chi connectivity index (χ0n) is 10.5. The van der Waals surface area contributed by atoms with Gasteiger partial charge >= 0.3 is 5.97 Å². The minimum atomic E-state index is -0.0616. The first kappa shape index (κ1) is 17.3. The molecule has 0 radical (unpaired) electrons. The Morgan fingerprint density at radius 2 is 1.80 bits per heavy atom. The normalized spacial score (nSPS) is 12.9. The summed E-state index contributed by atoms with van der Waals surface area (Å²) in [6.45, 7) is 4.46. The van der Waals surface area contributed by atoms with E-state index in [4.69, 9.17) is 4.74 Å². The van der Waals surface area contributed by atoms with Crippen LogP contribution in [-0.4, -0.2) is 44.2 Å². The minimum Gasteiger partial charge on any atom is -1.00 e. The quantitative estimate of drug-likeness (QED) is 0.453. The van der Waals surface area contributed by atoms with Crippen molar-refractivity contribution in [2.24, 2.45) is 0 Å². The van der Waals surface area contributed by atoms with Crippen LogP contribution in [0.5, 0.6) is 0 Å². The third kappa shape index (κ3) is 6.90. The van der Waals surface area contributed by atoms with Crippen LogP contribution in [0.4, 0.5) is 0 Å². The lowest BCUT2D eigenvalue weighted by atomic mass is 10.1. The fourth-order valence-electron chi connectivity index (χ4n) is 1.46. The molecular weight excluding hydrogens is 258 g/mol. The second-order valence-corrected chi connectivity index (χ2v) is 4.53. The van der Waals surface area contributed by atoms with Crippen molar-refractivity contribution in [3.05, 3.63) is 0 Å². The van der Waals surface area contributed by atoms with E-state index in [-0.39, 0.29) is 29.0 Å². The first-order chi connectivity index (χ1) is 6.43. The van der Waals surface area contributed by atoms with Crippen molar-refractivity contribution >= 4 is 5.97 Å². The summed E-state index contributed by atoms with van der Waals surface area (Å²) in [6.07, 6.45) is 3.12. The number of nitrogens with zero attached hydrogens (tertiary/aromatic N) is 1. The maximum Gasteiger partial charge on any atom is 0.364 e. The predicted molar refractivity (Wildman–Crippen MR) is 58.0 cm³/mol. The Kier molecular flexibility index (Phi) is 9.36. The van der Waals surface area contributed by atoms with E-state index in [0.29, 0.717) is 11.1 Å². The molecule has 0 rings (SSSR count). The van der Waals surface area contributed by atoms with Crippen LogP contribution in [0.15, 0.2) is 0 Å². The summed E-state index contributed by atoms with van der Waals surface area (Å²) in [5, 5.41) is 0. The molecule has 0 aliphatic heterocycles. The van der Waals surface area contributed by atoms with Gasteiger partial charge in [-0.25, -0.2) is 4.79 Å². The van der Waals surface area contributed by atoms with Gasteiger partial charge in [-0.1, -0.05) is 13.3 Å². The molecule has 1 atom stereocenters. The topological polar surface area (TPSA) is 26.3 Å². The third-order valence-electron chi connectivity index (χ3n) is 2.32. The Labute approximate surface area is 104 Å². The highest BCUT2D eigenvalue weighted by Crippen LogP contribution is 2.13. The summed E-state index contributed by atoms with van der Waals surface area (Å²) in [7, 11) is 6.12. The van der Waals surface area contributed by atoms with Crippen LogP contribution in [0.25, 0.3) is 0 Å².